The number of hydrogen-bond donors (Lipinski definition) is 0. The molecule has 4 nitrogen and oxygen atoms in total. The molecular weight excluding hydrogens is 388 g/mol. The fourth-order valence-electron chi connectivity index (χ4n) is 7.15. The van der Waals surface area contributed by atoms with Crippen molar-refractivity contribution >= 4 is 29.1 Å². The molecule has 156 valence electrons. The quantitative estimate of drug-likeness (QED) is 0.473. The lowest BCUT2D eigenvalue weighted by Crippen LogP contribution is -2.58. The summed E-state index contributed by atoms with van der Waals surface area (Å²) in [6.07, 6.45) is 7.48. The molecule has 0 aromatic rings. The molecule has 0 bridgehead atoms. The predicted octanol–water partition coefficient (Wildman–Crippen LogP) is 4.92. The maximum absolute atomic E-state index is 12.9. The fourth-order valence-corrected chi connectivity index (χ4v) is 7.57. The highest BCUT2D eigenvalue weighted by Crippen LogP contribution is 2.69. The standard InChI is InChI=1S/C24H29ClO4/c1-13-10-19-17-12-21(25)20-11-16(28)6-8-22(20,4)18(17)7-9-23(19,5)24(13,14(2)26)29-15(3)27/h11-12,17-19H,1,6-10H2,2-5H3/t17-,18+,19+,22+,23+,24+/m0/s1. The van der Waals surface area contributed by atoms with Crippen LogP contribution in [0.3, 0.4) is 0 Å². The third-order valence-electron chi connectivity index (χ3n) is 8.51. The molecule has 0 heterocycles. The van der Waals surface area contributed by atoms with Crippen molar-refractivity contribution in [1.82, 2.24) is 0 Å². The molecule has 4 aliphatic carbocycles. The summed E-state index contributed by atoms with van der Waals surface area (Å²) < 4.78 is 5.80. The molecule has 0 saturated heterocycles. The van der Waals surface area contributed by atoms with Crippen molar-refractivity contribution in [2.75, 3.05) is 0 Å². The van der Waals surface area contributed by atoms with E-state index in [9.17, 15) is 14.4 Å². The number of rotatable bonds is 2. The van der Waals surface area contributed by atoms with Crippen LogP contribution >= 0.6 is 11.6 Å². The Bertz CT molecular complexity index is 899. The highest BCUT2D eigenvalue weighted by Gasteiger charge is 2.69. The summed E-state index contributed by atoms with van der Waals surface area (Å²) in [5.74, 6) is 0.151. The van der Waals surface area contributed by atoms with Crippen molar-refractivity contribution in [1.29, 1.82) is 0 Å². The lowest BCUT2D eigenvalue weighted by Gasteiger charge is -2.57. The molecule has 29 heavy (non-hydrogen) atoms. The molecular formula is C24H29ClO4. The molecule has 2 saturated carbocycles. The van der Waals surface area contributed by atoms with Crippen molar-refractivity contribution in [2.24, 2.45) is 28.6 Å². The van der Waals surface area contributed by atoms with E-state index in [0.29, 0.717) is 29.4 Å². The third kappa shape index (κ3) is 2.54. The molecule has 2 fully saturated rings. The Morgan fingerprint density at radius 2 is 1.90 bits per heavy atom. The van der Waals surface area contributed by atoms with Gasteiger partial charge < -0.3 is 4.74 Å². The number of hydrogen-bond acceptors (Lipinski definition) is 4. The Hall–Kier alpha value is -1.68. The number of carbonyl (C=O) groups is 3. The molecule has 0 amide bonds. The molecule has 0 aromatic carbocycles. The van der Waals surface area contributed by atoms with Gasteiger partial charge in [0.1, 0.15) is 0 Å². The minimum absolute atomic E-state index is 0.113. The van der Waals surface area contributed by atoms with Gasteiger partial charge in [-0.15, -0.1) is 0 Å². The highest BCUT2D eigenvalue weighted by molar-refractivity contribution is 6.32. The van der Waals surface area contributed by atoms with Gasteiger partial charge in [0.25, 0.3) is 0 Å². The predicted molar refractivity (Wildman–Crippen MR) is 111 cm³/mol. The van der Waals surface area contributed by atoms with Crippen molar-refractivity contribution in [3.05, 3.63) is 34.9 Å². The number of allylic oxidation sites excluding steroid dienone is 4. The maximum atomic E-state index is 12.9. The van der Waals surface area contributed by atoms with E-state index in [1.807, 2.05) is 0 Å². The molecule has 6 atom stereocenters. The number of ether oxygens (including phenoxy) is 1. The van der Waals surface area contributed by atoms with Crippen LogP contribution in [0.15, 0.2) is 34.9 Å². The van der Waals surface area contributed by atoms with Gasteiger partial charge in [-0.1, -0.05) is 38.1 Å². The zero-order valence-electron chi connectivity index (χ0n) is 17.6. The molecule has 0 aromatic heterocycles. The zero-order chi connectivity index (χ0) is 21.4. The van der Waals surface area contributed by atoms with Gasteiger partial charge in [-0.2, -0.15) is 0 Å². The maximum Gasteiger partial charge on any atom is 0.303 e. The second-order valence-electron chi connectivity index (χ2n) is 9.84. The monoisotopic (exact) mass is 416 g/mol. The number of esters is 1. The van der Waals surface area contributed by atoms with E-state index in [4.69, 9.17) is 16.3 Å². The van der Waals surface area contributed by atoms with Crippen LogP contribution in [0, 0.1) is 28.6 Å². The average Bonchev–Trinajstić information content (AvgIpc) is 2.85. The normalized spacial score (nSPS) is 43.6. The first kappa shape index (κ1) is 20.6. The minimum Gasteiger partial charge on any atom is -0.446 e. The summed E-state index contributed by atoms with van der Waals surface area (Å²) in [6.45, 7) is 11.4. The number of halogens is 1. The number of carbonyl (C=O) groups excluding carboxylic acids is 3. The number of Topliss-reactive ketones (excluding diaryl/α,β-unsaturated/α-hetero) is 1. The van der Waals surface area contributed by atoms with Crippen LogP contribution in [-0.4, -0.2) is 23.1 Å². The second-order valence-corrected chi connectivity index (χ2v) is 10.2. The SMILES string of the molecule is C=C1C[C@@H]2[C@H]3C=C(Cl)C4=CC(=O)CC[C@]4(C)[C@@H]3CC[C@@]2(C)[C@]1(OC(C)=O)C(C)=O. The molecule has 0 unspecified atom stereocenters. The Labute approximate surface area is 177 Å². The van der Waals surface area contributed by atoms with Crippen LogP contribution in [0.1, 0.15) is 59.8 Å². The van der Waals surface area contributed by atoms with E-state index in [1.54, 1.807) is 6.08 Å². The first-order valence-electron chi connectivity index (χ1n) is 10.5. The average molecular weight is 417 g/mol. The summed E-state index contributed by atoms with van der Waals surface area (Å²) in [5.41, 5.74) is -0.263. The van der Waals surface area contributed by atoms with Crippen molar-refractivity contribution < 1.29 is 19.1 Å². The van der Waals surface area contributed by atoms with Crippen LogP contribution in [0.4, 0.5) is 0 Å². The van der Waals surface area contributed by atoms with E-state index in [0.717, 1.165) is 24.8 Å². The van der Waals surface area contributed by atoms with Gasteiger partial charge in [0.2, 0.25) is 0 Å². The summed E-state index contributed by atoms with van der Waals surface area (Å²) in [5, 5.41) is 0.657. The van der Waals surface area contributed by atoms with Crippen molar-refractivity contribution in [3.8, 4) is 0 Å². The minimum atomic E-state index is -1.27. The van der Waals surface area contributed by atoms with E-state index in [1.165, 1.54) is 13.8 Å². The van der Waals surface area contributed by atoms with E-state index < -0.39 is 17.0 Å². The van der Waals surface area contributed by atoms with Gasteiger partial charge >= 0.3 is 5.97 Å². The molecule has 0 radical (unpaired) electrons. The highest BCUT2D eigenvalue weighted by atomic mass is 35.5. The summed E-state index contributed by atoms with van der Waals surface area (Å²) in [7, 11) is 0. The largest absolute Gasteiger partial charge is 0.446 e. The molecule has 0 spiro atoms. The van der Waals surface area contributed by atoms with Crippen LogP contribution in [-0.2, 0) is 19.1 Å². The lowest BCUT2D eigenvalue weighted by molar-refractivity contribution is -0.179. The molecule has 5 heteroatoms. The topological polar surface area (TPSA) is 60.4 Å². The third-order valence-corrected chi connectivity index (χ3v) is 8.84. The van der Waals surface area contributed by atoms with Gasteiger partial charge in [0, 0.05) is 23.8 Å². The van der Waals surface area contributed by atoms with Crippen molar-refractivity contribution in [3.63, 3.8) is 0 Å². The van der Waals surface area contributed by atoms with Crippen molar-refractivity contribution in [2.45, 2.75) is 65.4 Å². The molecule has 0 N–H and O–H groups in total. The lowest BCUT2D eigenvalue weighted by atomic mass is 9.48. The van der Waals surface area contributed by atoms with Gasteiger partial charge in [0.05, 0.1) is 0 Å². The first-order chi connectivity index (χ1) is 13.5. The van der Waals surface area contributed by atoms with E-state index in [-0.39, 0.29) is 28.8 Å². The van der Waals surface area contributed by atoms with Gasteiger partial charge in [-0.3, -0.25) is 14.4 Å². The van der Waals surface area contributed by atoms with E-state index >= 15 is 0 Å². The summed E-state index contributed by atoms with van der Waals surface area (Å²) in [4.78, 5) is 36.9. The van der Waals surface area contributed by atoms with Crippen LogP contribution < -0.4 is 0 Å². The second kappa shape index (κ2) is 6.41. The first-order valence-corrected chi connectivity index (χ1v) is 10.9. The van der Waals surface area contributed by atoms with Crippen LogP contribution in [0.2, 0.25) is 0 Å². The molecule has 4 aliphatic rings. The Morgan fingerprint density at radius 1 is 1.21 bits per heavy atom. The van der Waals surface area contributed by atoms with E-state index in [2.05, 4.69) is 26.5 Å². The summed E-state index contributed by atoms with van der Waals surface area (Å²) in [6, 6.07) is 0. The Morgan fingerprint density at radius 3 is 2.52 bits per heavy atom. The smallest absolute Gasteiger partial charge is 0.303 e. The summed E-state index contributed by atoms with van der Waals surface area (Å²) >= 11 is 6.72. The molecule has 4 rings (SSSR count). The van der Waals surface area contributed by atoms with Gasteiger partial charge in [-0.25, -0.2) is 0 Å². The Kier molecular flexibility index (Phi) is 4.55. The van der Waals surface area contributed by atoms with Crippen LogP contribution in [0.25, 0.3) is 0 Å². The number of ketones is 2. The zero-order valence-corrected chi connectivity index (χ0v) is 18.4. The number of fused-ring (bicyclic) bond motifs is 5. The van der Waals surface area contributed by atoms with Gasteiger partial charge in [-0.05, 0) is 73.0 Å². The van der Waals surface area contributed by atoms with Gasteiger partial charge in [0.15, 0.2) is 17.2 Å². The fraction of sp³-hybridized carbons (Fsp3) is 0.625. The Balaban J connectivity index is 1.84. The molecule has 0 aliphatic heterocycles. The van der Waals surface area contributed by atoms with Crippen LogP contribution in [0.5, 0.6) is 0 Å².